The van der Waals surface area contributed by atoms with Crippen LogP contribution in [0, 0.1) is 5.82 Å². The number of thioether (sulfide) groups is 1. The van der Waals surface area contributed by atoms with Gasteiger partial charge < -0.3 is 4.74 Å². The molecule has 1 aromatic heterocycles. The molecular formula is C20H19ClFN3OS. The second-order valence-corrected chi connectivity index (χ2v) is 7.93. The molecule has 1 aliphatic rings. The quantitative estimate of drug-likeness (QED) is 0.399. The zero-order valence-electron chi connectivity index (χ0n) is 14.8. The summed E-state index contributed by atoms with van der Waals surface area (Å²) in [6.45, 7) is 2.62. The van der Waals surface area contributed by atoms with Crippen LogP contribution >= 0.6 is 23.4 Å². The summed E-state index contributed by atoms with van der Waals surface area (Å²) in [4.78, 5) is 4.36. The minimum Gasteiger partial charge on any atom is -0.354 e. The smallest absolute Gasteiger partial charge is 0.186 e. The van der Waals surface area contributed by atoms with Gasteiger partial charge in [-0.3, -0.25) is 0 Å². The summed E-state index contributed by atoms with van der Waals surface area (Å²) in [5.41, 5.74) is 1.18. The summed E-state index contributed by atoms with van der Waals surface area (Å²) in [7, 11) is 0. The Labute approximate surface area is 166 Å². The largest absolute Gasteiger partial charge is 0.354 e. The van der Waals surface area contributed by atoms with E-state index in [2.05, 4.69) is 17.0 Å². The zero-order valence-corrected chi connectivity index (χ0v) is 16.4. The van der Waals surface area contributed by atoms with Crippen LogP contribution in [0.1, 0.15) is 30.6 Å². The fraction of sp³-hybridized carbons (Fsp3) is 0.300. The van der Waals surface area contributed by atoms with Crippen molar-refractivity contribution in [2.24, 2.45) is 0 Å². The van der Waals surface area contributed by atoms with E-state index in [4.69, 9.17) is 16.3 Å². The average Bonchev–Trinajstić information content (AvgIpc) is 3.22. The number of rotatable bonds is 7. The van der Waals surface area contributed by atoms with Gasteiger partial charge in [0.1, 0.15) is 23.8 Å². The fourth-order valence-corrected chi connectivity index (χ4v) is 4.24. The molecular weight excluding hydrogens is 385 g/mol. The third-order valence-electron chi connectivity index (χ3n) is 4.61. The second-order valence-electron chi connectivity index (χ2n) is 6.46. The van der Waals surface area contributed by atoms with E-state index in [9.17, 15) is 4.39 Å². The molecule has 2 heterocycles. The lowest BCUT2D eigenvalue weighted by Crippen LogP contribution is -2.20. The molecule has 0 radical (unpaired) electrons. The molecule has 0 amide bonds. The van der Waals surface area contributed by atoms with Crippen LogP contribution in [0.3, 0.4) is 0 Å². The van der Waals surface area contributed by atoms with E-state index in [1.165, 1.54) is 12.1 Å². The number of hydrogen-bond acceptors (Lipinski definition) is 4. The maximum atomic E-state index is 13.5. The van der Waals surface area contributed by atoms with E-state index in [-0.39, 0.29) is 11.9 Å². The number of aromatic nitrogens is 3. The van der Waals surface area contributed by atoms with Crippen LogP contribution in [0.15, 0.2) is 60.0 Å². The molecule has 0 aliphatic carbocycles. The van der Waals surface area contributed by atoms with Crippen LogP contribution in [-0.4, -0.2) is 20.5 Å². The van der Waals surface area contributed by atoms with Crippen LogP contribution in [0.5, 0.6) is 0 Å². The van der Waals surface area contributed by atoms with Crippen LogP contribution in [0.4, 0.5) is 4.39 Å². The Kier molecular flexibility index (Phi) is 5.21. The number of hydrogen-bond donors (Lipinski definition) is 0. The van der Waals surface area contributed by atoms with E-state index in [0.29, 0.717) is 11.6 Å². The molecule has 0 N–H and O–H groups in total. The van der Waals surface area contributed by atoms with Crippen LogP contribution in [-0.2, 0) is 16.9 Å². The van der Waals surface area contributed by atoms with E-state index < -0.39 is 5.60 Å². The Morgan fingerprint density at radius 2 is 2.00 bits per heavy atom. The number of benzene rings is 2. The van der Waals surface area contributed by atoms with Crippen LogP contribution in [0.2, 0.25) is 5.02 Å². The number of ether oxygens (including phenoxy) is 1. The van der Waals surface area contributed by atoms with E-state index >= 15 is 0 Å². The summed E-state index contributed by atoms with van der Waals surface area (Å²) in [5, 5.41) is 5.90. The van der Waals surface area contributed by atoms with Crippen molar-refractivity contribution in [1.82, 2.24) is 14.8 Å². The predicted molar refractivity (Wildman–Crippen MR) is 104 cm³/mol. The lowest BCUT2D eigenvalue weighted by Gasteiger charge is -2.16. The van der Waals surface area contributed by atoms with Crippen molar-refractivity contribution in [2.45, 2.75) is 36.8 Å². The molecule has 140 valence electrons. The molecule has 2 atom stereocenters. The molecule has 1 fully saturated rings. The molecule has 0 unspecified atom stereocenters. The number of nitrogens with zero attached hydrogens (tertiary/aromatic N) is 3. The minimum absolute atomic E-state index is 0.218. The first-order valence-electron chi connectivity index (χ1n) is 8.83. The van der Waals surface area contributed by atoms with Gasteiger partial charge in [-0.2, -0.15) is 5.10 Å². The molecule has 27 heavy (non-hydrogen) atoms. The Morgan fingerprint density at radius 3 is 2.74 bits per heavy atom. The normalized spacial score (nSPS) is 21.4. The molecule has 1 saturated heterocycles. The van der Waals surface area contributed by atoms with Crippen molar-refractivity contribution in [3.05, 3.63) is 76.8 Å². The van der Waals surface area contributed by atoms with Gasteiger partial charge in [0.2, 0.25) is 0 Å². The highest BCUT2D eigenvalue weighted by atomic mass is 35.5. The third kappa shape index (κ3) is 3.61. The maximum Gasteiger partial charge on any atom is 0.186 e. The molecule has 1 aliphatic heterocycles. The van der Waals surface area contributed by atoms with E-state index in [1.807, 2.05) is 28.9 Å². The van der Waals surface area contributed by atoms with Crippen molar-refractivity contribution >= 4 is 23.4 Å². The standard InChI is InChI=1S/C20H19ClFN3OS/c1-2-11-27-19-23-13-24-25(19)12-20(14-7-9-15(22)10-8-14)18(26-20)16-5-3-4-6-17(16)21/h3-10,13,18H,2,11-12H2,1H3/t18-,20-/m0/s1. The highest BCUT2D eigenvalue weighted by molar-refractivity contribution is 7.99. The van der Waals surface area contributed by atoms with E-state index in [1.54, 1.807) is 30.2 Å². The van der Waals surface area contributed by atoms with Crippen molar-refractivity contribution in [3.63, 3.8) is 0 Å². The predicted octanol–water partition coefficient (Wildman–Crippen LogP) is 5.24. The van der Waals surface area contributed by atoms with Gasteiger partial charge >= 0.3 is 0 Å². The molecule has 0 saturated carbocycles. The fourth-order valence-electron chi connectivity index (χ4n) is 3.23. The summed E-state index contributed by atoms with van der Waals surface area (Å²) in [5.74, 6) is 0.695. The lowest BCUT2D eigenvalue weighted by molar-refractivity contribution is 0.256. The highest BCUT2D eigenvalue weighted by Gasteiger charge is 2.59. The third-order valence-corrected chi connectivity index (χ3v) is 6.15. The topological polar surface area (TPSA) is 43.2 Å². The Hall–Kier alpha value is -1.89. The van der Waals surface area contributed by atoms with Gasteiger partial charge in [-0.1, -0.05) is 60.6 Å². The number of epoxide rings is 1. The molecule has 7 heteroatoms. The first-order chi connectivity index (χ1) is 13.1. The summed E-state index contributed by atoms with van der Waals surface area (Å²) < 4.78 is 21.6. The van der Waals surface area contributed by atoms with Crippen LogP contribution < -0.4 is 0 Å². The monoisotopic (exact) mass is 403 g/mol. The first kappa shape index (κ1) is 18.5. The van der Waals surface area contributed by atoms with Gasteiger partial charge in [-0.15, -0.1) is 0 Å². The summed E-state index contributed by atoms with van der Waals surface area (Å²) in [6.07, 6.45) is 2.40. The Morgan fingerprint density at radius 1 is 1.22 bits per heavy atom. The molecule has 3 aromatic rings. The van der Waals surface area contributed by atoms with Gasteiger partial charge in [-0.05, 0) is 30.2 Å². The Bertz CT molecular complexity index is 933. The molecule has 0 bridgehead atoms. The van der Waals surface area contributed by atoms with E-state index in [0.717, 1.165) is 28.5 Å². The van der Waals surface area contributed by atoms with Gasteiger partial charge in [0.15, 0.2) is 5.16 Å². The van der Waals surface area contributed by atoms with Gasteiger partial charge in [-0.25, -0.2) is 14.1 Å². The van der Waals surface area contributed by atoms with Crippen molar-refractivity contribution < 1.29 is 9.13 Å². The molecule has 4 nitrogen and oxygen atoms in total. The minimum atomic E-state index is -0.645. The van der Waals surface area contributed by atoms with Gasteiger partial charge in [0.05, 0.1) is 6.54 Å². The number of halogens is 2. The summed E-state index contributed by atoms with van der Waals surface area (Å²) >= 11 is 8.07. The highest BCUT2D eigenvalue weighted by Crippen LogP contribution is 2.59. The van der Waals surface area contributed by atoms with Crippen molar-refractivity contribution in [1.29, 1.82) is 0 Å². The SMILES string of the molecule is CCCSc1ncnn1C[C@@]1(c2ccc(F)cc2)O[C@H]1c1ccccc1Cl. The van der Waals surface area contributed by atoms with Crippen LogP contribution in [0.25, 0.3) is 0 Å². The Balaban J connectivity index is 1.70. The molecule has 4 rings (SSSR count). The van der Waals surface area contributed by atoms with Crippen molar-refractivity contribution in [3.8, 4) is 0 Å². The van der Waals surface area contributed by atoms with Gasteiger partial charge in [0.25, 0.3) is 0 Å². The second kappa shape index (κ2) is 7.62. The molecule has 0 spiro atoms. The average molecular weight is 404 g/mol. The maximum absolute atomic E-state index is 13.5. The zero-order chi connectivity index (χ0) is 18.9. The van der Waals surface area contributed by atoms with Crippen molar-refractivity contribution in [2.75, 3.05) is 5.75 Å². The van der Waals surface area contributed by atoms with Gasteiger partial charge in [0, 0.05) is 16.3 Å². The summed E-state index contributed by atoms with van der Waals surface area (Å²) in [6, 6.07) is 14.1. The first-order valence-corrected chi connectivity index (χ1v) is 10.2. The molecule has 2 aromatic carbocycles. The lowest BCUT2D eigenvalue weighted by atomic mass is 9.91.